The molecule has 1 aromatic carbocycles. The molecule has 3 N–H and O–H groups in total. The van der Waals surface area contributed by atoms with Crippen molar-refractivity contribution in [1.29, 1.82) is 0 Å². The third-order valence-electron chi connectivity index (χ3n) is 7.35. The Bertz CT molecular complexity index is 735. The van der Waals surface area contributed by atoms with Crippen LogP contribution in [0.1, 0.15) is 66.8 Å². The molecule has 3 aliphatic rings. The van der Waals surface area contributed by atoms with E-state index >= 15 is 0 Å². The summed E-state index contributed by atoms with van der Waals surface area (Å²) in [6.45, 7) is 2.01. The van der Waals surface area contributed by atoms with Crippen LogP contribution in [0, 0.1) is 5.92 Å². The van der Waals surface area contributed by atoms with Gasteiger partial charge in [0.15, 0.2) is 0 Å². The van der Waals surface area contributed by atoms with Gasteiger partial charge >= 0.3 is 0 Å². The van der Waals surface area contributed by atoms with Crippen LogP contribution in [-0.4, -0.2) is 65.0 Å². The van der Waals surface area contributed by atoms with Crippen molar-refractivity contribution < 1.29 is 14.7 Å². The summed E-state index contributed by atoms with van der Waals surface area (Å²) < 4.78 is 0. The largest absolute Gasteiger partial charge is 0.387 e. The first kappa shape index (κ1) is 20.4. The third-order valence-corrected chi connectivity index (χ3v) is 7.35. The summed E-state index contributed by atoms with van der Waals surface area (Å²) in [5.74, 6) is 0.577. The predicted octanol–water partition coefficient (Wildman–Crippen LogP) is 2.12. The van der Waals surface area contributed by atoms with E-state index in [1.165, 1.54) is 37.7 Å². The maximum absolute atomic E-state index is 12.2. The molecule has 6 nitrogen and oxygen atoms in total. The van der Waals surface area contributed by atoms with Crippen LogP contribution in [0.2, 0.25) is 0 Å². The van der Waals surface area contributed by atoms with Gasteiger partial charge in [0.25, 0.3) is 0 Å². The van der Waals surface area contributed by atoms with Gasteiger partial charge in [0.2, 0.25) is 11.8 Å². The van der Waals surface area contributed by atoms with Crippen LogP contribution in [0.5, 0.6) is 0 Å². The monoisotopic (exact) mass is 399 g/mol. The minimum atomic E-state index is -0.391. The van der Waals surface area contributed by atoms with Crippen molar-refractivity contribution in [2.24, 2.45) is 11.7 Å². The lowest BCUT2D eigenvalue weighted by Gasteiger charge is -2.41. The van der Waals surface area contributed by atoms with Crippen LogP contribution >= 0.6 is 0 Å². The van der Waals surface area contributed by atoms with E-state index in [1.54, 1.807) is 6.07 Å². The average Bonchev–Trinajstić information content (AvgIpc) is 2.93. The van der Waals surface area contributed by atoms with Gasteiger partial charge in [-0.1, -0.05) is 18.6 Å². The zero-order valence-corrected chi connectivity index (χ0v) is 17.1. The Kier molecular flexibility index (Phi) is 6.20. The molecule has 0 radical (unpaired) electrons. The number of primary amides is 1. The Morgan fingerprint density at radius 3 is 2.45 bits per heavy atom. The normalized spacial score (nSPS) is 26.9. The third kappa shape index (κ3) is 4.48. The number of rotatable bonds is 8. The van der Waals surface area contributed by atoms with Crippen LogP contribution in [0.4, 0.5) is 0 Å². The molecule has 2 amide bonds. The van der Waals surface area contributed by atoms with Gasteiger partial charge in [-0.3, -0.25) is 14.5 Å². The Labute approximate surface area is 173 Å². The van der Waals surface area contributed by atoms with Gasteiger partial charge in [0, 0.05) is 37.3 Å². The highest BCUT2D eigenvalue weighted by atomic mass is 16.3. The molecule has 1 aliphatic carbocycles. The number of aliphatic hydroxyl groups excluding tert-OH is 1. The summed E-state index contributed by atoms with van der Waals surface area (Å²) in [5, 5.41) is 9.35. The van der Waals surface area contributed by atoms with Gasteiger partial charge in [-0.15, -0.1) is 0 Å². The molecule has 4 rings (SSSR count). The van der Waals surface area contributed by atoms with E-state index in [2.05, 4.69) is 11.0 Å². The molecule has 0 unspecified atom stereocenters. The fourth-order valence-electron chi connectivity index (χ4n) is 5.50. The molecule has 29 heavy (non-hydrogen) atoms. The molecule has 158 valence electrons. The van der Waals surface area contributed by atoms with E-state index in [0.29, 0.717) is 36.0 Å². The van der Waals surface area contributed by atoms with Crippen molar-refractivity contribution in [3.63, 3.8) is 0 Å². The Hall–Kier alpha value is -1.92. The van der Waals surface area contributed by atoms with E-state index < -0.39 is 6.61 Å². The van der Waals surface area contributed by atoms with Crippen LogP contribution < -0.4 is 5.73 Å². The van der Waals surface area contributed by atoms with Gasteiger partial charge in [-0.2, -0.15) is 0 Å². The van der Waals surface area contributed by atoms with Crippen LogP contribution in [-0.2, 0) is 4.79 Å². The second-order valence-corrected chi connectivity index (χ2v) is 9.08. The summed E-state index contributed by atoms with van der Waals surface area (Å²) in [7, 11) is 0. The second kappa shape index (κ2) is 8.84. The van der Waals surface area contributed by atoms with Crippen molar-refractivity contribution >= 4 is 11.8 Å². The molecular weight excluding hydrogens is 366 g/mol. The molecule has 3 atom stereocenters. The summed E-state index contributed by atoms with van der Waals surface area (Å²) >= 11 is 0. The van der Waals surface area contributed by atoms with Gasteiger partial charge in [0.05, 0.1) is 0 Å². The molecule has 1 saturated carbocycles. The number of amides is 2. The first-order chi connectivity index (χ1) is 14.0. The van der Waals surface area contributed by atoms with Crippen molar-refractivity contribution in [2.75, 3.05) is 26.2 Å². The molecule has 2 aliphatic heterocycles. The molecule has 2 bridgehead atoms. The van der Waals surface area contributed by atoms with E-state index in [9.17, 15) is 14.7 Å². The smallest absolute Gasteiger partial charge is 0.248 e. The fourth-order valence-corrected chi connectivity index (χ4v) is 5.50. The fraction of sp³-hybridized carbons (Fsp3) is 0.652. The predicted molar refractivity (Wildman–Crippen MR) is 111 cm³/mol. The summed E-state index contributed by atoms with van der Waals surface area (Å²) in [4.78, 5) is 28.2. The maximum atomic E-state index is 12.2. The van der Waals surface area contributed by atoms with E-state index in [4.69, 9.17) is 5.73 Å². The van der Waals surface area contributed by atoms with Crippen molar-refractivity contribution in [1.82, 2.24) is 9.80 Å². The number of aliphatic hydroxyl groups is 1. The van der Waals surface area contributed by atoms with Gasteiger partial charge < -0.3 is 15.7 Å². The lowest BCUT2D eigenvalue weighted by molar-refractivity contribution is -0.135. The molecule has 2 saturated heterocycles. The van der Waals surface area contributed by atoms with Gasteiger partial charge in [0.1, 0.15) is 6.61 Å². The SMILES string of the molecule is NC(=O)c1cccc([C@H]2C[C@H]3CC[C@@H](C2)N3CCN(CC2CCC2)C(=O)CO)c1. The van der Waals surface area contributed by atoms with E-state index in [1.807, 2.05) is 17.0 Å². The second-order valence-electron chi connectivity index (χ2n) is 9.08. The first-order valence-corrected chi connectivity index (χ1v) is 11.1. The Morgan fingerprint density at radius 1 is 1.14 bits per heavy atom. The van der Waals surface area contributed by atoms with Crippen molar-refractivity contribution in [2.45, 2.75) is 62.9 Å². The van der Waals surface area contributed by atoms with Gasteiger partial charge in [-0.05, 0) is 68.1 Å². The zero-order valence-electron chi connectivity index (χ0n) is 17.1. The minimum Gasteiger partial charge on any atom is -0.387 e. The summed E-state index contributed by atoms with van der Waals surface area (Å²) in [6.07, 6.45) is 8.26. The lowest BCUT2D eigenvalue weighted by atomic mass is 9.84. The number of hydrogen-bond donors (Lipinski definition) is 2. The maximum Gasteiger partial charge on any atom is 0.248 e. The number of carbonyl (C=O) groups excluding carboxylic acids is 2. The molecule has 0 aromatic heterocycles. The van der Waals surface area contributed by atoms with Crippen LogP contribution in [0.25, 0.3) is 0 Å². The van der Waals surface area contributed by atoms with Crippen molar-refractivity contribution in [3.8, 4) is 0 Å². The quantitative estimate of drug-likeness (QED) is 0.701. The lowest BCUT2D eigenvalue weighted by Crippen LogP contribution is -2.48. The number of fused-ring (bicyclic) bond motifs is 2. The van der Waals surface area contributed by atoms with E-state index in [0.717, 1.165) is 25.9 Å². The van der Waals surface area contributed by atoms with Gasteiger partial charge in [-0.25, -0.2) is 0 Å². The number of nitrogens with zero attached hydrogens (tertiary/aromatic N) is 2. The molecule has 3 fully saturated rings. The zero-order chi connectivity index (χ0) is 20.4. The highest BCUT2D eigenvalue weighted by Gasteiger charge is 2.41. The Balaban J connectivity index is 1.37. The van der Waals surface area contributed by atoms with E-state index in [-0.39, 0.29) is 11.8 Å². The highest BCUT2D eigenvalue weighted by Crippen LogP contribution is 2.43. The topological polar surface area (TPSA) is 86.9 Å². The number of hydrogen-bond acceptors (Lipinski definition) is 4. The summed E-state index contributed by atoms with van der Waals surface area (Å²) in [5.41, 5.74) is 7.27. The molecule has 2 heterocycles. The average molecular weight is 400 g/mol. The summed E-state index contributed by atoms with van der Waals surface area (Å²) in [6, 6.07) is 8.86. The number of carbonyl (C=O) groups is 2. The van der Waals surface area contributed by atoms with Crippen LogP contribution in [0.15, 0.2) is 24.3 Å². The number of benzene rings is 1. The molecule has 0 spiro atoms. The Morgan fingerprint density at radius 2 is 1.86 bits per heavy atom. The van der Waals surface area contributed by atoms with Crippen molar-refractivity contribution in [3.05, 3.63) is 35.4 Å². The molecule has 6 heteroatoms. The number of nitrogens with two attached hydrogens (primary N) is 1. The number of piperidine rings is 1. The highest BCUT2D eigenvalue weighted by molar-refractivity contribution is 5.92. The molecule has 1 aromatic rings. The standard InChI is InChI=1S/C23H33N3O3/c24-23(29)18-6-2-5-17(11-18)19-12-20-7-8-21(13-19)26(20)10-9-25(22(28)15-27)14-16-3-1-4-16/h2,5-6,11,16,19-21,27H,1,3-4,7-10,12-15H2,(H2,24,29)/t19-,20+,21-. The molecular formula is C23H33N3O3. The minimum absolute atomic E-state index is 0.137. The first-order valence-electron chi connectivity index (χ1n) is 11.1. The van der Waals surface area contributed by atoms with Crippen LogP contribution in [0.3, 0.4) is 0 Å².